The largest absolute Gasteiger partial charge is 0.348 e. The first kappa shape index (κ1) is 21.8. The van der Waals surface area contributed by atoms with Crippen molar-refractivity contribution in [2.75, 3.05) is 5.32 Å². The number of hydrogen-bond acceptors (Lipinski definition) is 2. The van der Waals surface area contributed by atoms with Crippen LogP contribution in [0.1, 0.15) is 35.1 Å². The number of amides is 2. The minimum atomic E-state index is -1.15. The summed E-state index contributed by atoms with van der Waals surface area (Å²) in [4.78, 5) is 26.9. The van der Waals surface area contributed by atoms with E-state index in [4.69, 9.17) is 34.8 Å². The molecule has 32 heavy (non-hydrogen) atoms. The van der Waals surface area contributed by atoms with Crippen molar-refractivity contribution in [3.63, 3.8) is 0 Å². The number of anilines is 1. The number of carbonyl (C=O) groups excluding carboxylic acids is 2. The number of nitrogens with one attached hydrogen (secondary N) is 2. The average molecular weight is 551 g/mol. The topological polar surface area (TPSA) is 58.2 Å². The SMILES string of the molecule is O=C1C[C@@H](c2cccc(Cl)c2)[C@]2(C(=O)Nc3cc(Br)ccc32)[C@H](c2cc(Cl)ccc2Cl)N1. The van der Waals surface area contributed by atoms with Crippen LogP contribution in [0.4, 0.5) is 5.69 Å². The maximum Gasteiger partial charge on any atom is 0.238 e. The monoisotopic (exact) mass is 548 g/mol. The molecule has 0 bridgehead atoms. The lowest BCUT2D eigenvalue weighted by atomic mass is 9.59. The van der Waals surface area contributed by atoms with Crippen LogP contribution in [0.5, 0.6) is 0 Å². The van der Waals surface area contributed by atoms with Crippen molar-refractivity contribution in [2.24, 2.45) is 0 Å². The van der Waals surface area contributed by atoms with Crippen molar-refractivity contribution in [2.45, 2.75) is 23.8 Å². The smallest absolute Gasteiger partial charge is 0.238 e. The van der Waals surface area contributed by atoms with Crippen molar-refractivity contribution >= 4 is 68.2 Å². The van der Waals surface area contributed by atoms with E-state index in [1.165, 1.54) is 0 Å². The lowest BCUT2D eigenvalue weighted by molar-refractivity contribution is -0.131. The van der Waals surface area contributed by atoms with Crippen LogP contribution in [-0.4, -0.2) is 11.8 Å². The van der Waals surface area contributed by atoms with Crippen molar-refractivity contribution in [3.8, 4) is 0 Å². The highest BCUT2D eigenvalue weighted by Crippen LogP contribution is 2.58. The molecule has 4 nitrogen and oxygen atoms in total. The van der Waals surface area contributed by atoms with Gasteiger partial charge in [-0.15, -0.1) is 0 Å². The van der Waals surface area contributed by atoms with Gasteiger partial charge >= 0.3 is 0 Å². The minimum Gasteiger partial charge on any atom is -0.348 e. The highest BCUT2D eigenvalue weighted by Gasteiger charge is 2.61. The first-order chi connectivity index (χ1) is 15.3. The van der Waals surface area contributed by atoms with Gasteiger partial charge in [0.25, 0.3) is 0 Å². The standard InChI is InChI=1S/C24H16BrCl3N2O2/c25-13-4-6-17-20(9-13)29-23(32)24(17)18(12-2-1-3-14(26)8-12)11-21(31)30-22(24)16-10-15(27)5-7-19(16)28/h1-10,18,22H,11H2,(H,29,32)(H,30,31)/t18-,22-,24-/m0/s1. The fraction of sp³-hybridized carbons (Fsp3) is 0.167. The van der Waals surface area contributed by atoms with Gasteiger partial charge in [0.1, 0.15) is 5.41 Å². The van der Waals surface area contributed by atoms with E-state index in [-0.39, 0.29) is 18.2 Å². The zero-order chi connectivity index (χ0) is 22.6. The number of fused-ring (bicyclic) bond motifs is 2. The molecular weight excluding hydrogens is 535 g/mol. The molecule has 162 valence electrons. The maximum atomic E-state index is 13.9. The molecule has 1 fully saturated rings. The Morgan fingerprint density at radius 3 is 2.50 bits per heavy atom. The fourth-order valence-corrected chi connectivity index (χ4v) is 5.97. The van der Waals surface area contributed by atoms with E-state index in [9.17, 15) is 9.59 Å². The normalized spacial score (nSPS) is 24.2. The predicted molar refractivity (Wildman–Crippen MR) is 131 cm³/mol. The van der Waals surface area contributed by atoms with Gasteiger partial charge in [-0.25, -0.2) is 0 Å². The Morgan fingerprint density at radius 2 is 1.72 bits per heavy atom. The summed E-state index contributed by atoms with van der Waals surface area (Å²) in [5.41, 5.74) is 1.72. The summed E-state index contributed by atoms with van der Waals surface area (Å²) < 4.78 is 0.838. The van der Waals surface area contributed by atoms with Gasteiger partial charge in [0.2, 0.25) is 11.8 Å². The van der Waals surface area contributed by atoms with Crippen LogP contribution in [-0.2, 0) is 15.0 Å². The highest BCUT2D eigenvalue weighted by molar-refractivity contribution is 9.10. The Morgan fingerprint density at radius 1 is 0.938 bits per heavy atom. The number of halogens is 4. The predicted octanol–water partition coefficient (Wildman–Crippen LogP) is 6.64. The number of piperidine rings is 1. The third kappa shape index (κ3) is 3.34. The molecule has 3 aromatic carbocycles. The van der Waals surface area contributed by atoms with E-state index in [0.29, 0.717) is 26.3 Å². The van der Waals surface area contributed by atoms with E-state index in [0.717, 1.165) is 15.6 Å². The quantitative estimate of drug-likeness (QED) is 0.376. The van der Waals surface area contributed by atoms with Gasteiger partial charge in [0.15, 0.2) is 0 Å². The molecule has 0 unspecified atom stereocenters. The van der Waals surface area contributed by atoms with Crippen LogP contribution in [0, 0.1) is 0 Å². The Labute approximate surface area is 208 Å². The van der Waals surface area contributed by atoms with E-state index < -0.39 is 17.4 Å². The van der Waals surface area contributed by atoms with E-state index in [1.54, 1.807) is 24.3 Å². The molecule has 5 rings (SSSR count). The molecule has 8 heteroatoms. The number of carbonyl (C=O) groups is 2. The number of rotatable bonds is 2. The zero-order valence-corrected chi connectivity index (χ0v) is 20.3. The summed E-state index contributed by atoms with van der Waals surface area (Å²) >= 11 is 22.7. The molecule has 2 aliphatic rings. The van der Waals surface area contributed by atoms with Crippen LogP contribution >= 0.6 is 50.7 Å². The van der Waals surface area contributed by atoms with Gasteiger partial charge in [-0.2, -0.15) is 0 Å². The van der Waals surface area contributed by atoms with Gasteiger partial charge in [-0.3, -0.25) is 9.59 Å². The average Bonchev–Trinajstić information content (AvgIpc) is 3.02. The molecule has 0 radical (unpaired) electrons. The third-order valence-corrected chi connectivity index (χ3v) is 7.58. The molecule has 1 spiro atoms. The summed E-state index contributed by atoms with van der Waals surface area (Å²) in [6.07, 6.45) is 0.123. The van der Waals surface area contributed by atoms with E-state index in [1.807, 2.05) is 36.4 Å². The molecular formula is C24H16BrCl3N2O2. The zero-order valence-electron chi connectivity index (χ0n) is 16.5. The van der Waals surface area contributed by atoms with E-state index in [2.05, 4.69) is 26.6 Å². The Bertz CT molecular complexity index is 1280. The summed E-state index contributed by atoms with van der Waals surface area (Å²) in [6, 6.07) is 17.3. The molecule has 0 aromatic heterocycles. The van der Waals surface area contributed by atoms with Gasteiger partial charge in [-0.1, -0.05) is 68.9 Å². The lowest BCUT2D eigenvalue weighted by Crippen LogP contribution is -2.56. The van der Waals surface area contributed by atoms with Gasteiger partial charge in [0, 0.05) is 37.6 Å². The summed E-state index contributed by atoms with van der Waals surface area (Å²) in [7, 11) is 0. The lowest BCUT2D eigenvalue weighted by Gasteiger charge is -2.46. The Balaban J connectivity index is 1.83. The maximum absolute atomic E-state index is 13.9. The molecule has 3 atom stereocenters. The molecule has 2 amide bonds. The van der Waals surface area contributed by atoms with Gasteiger partial charge in [0.05, 0.1) is 6.04 Å². The van der Waals surface area contributed by atoms with Crippen molar-refractivity contribution in [1.82, 2.24) is 5.32 Å². The Hall–Kier alpha value is -2.05. The first-order valence-corrected chi connectivity index (χ1v) is 11.8. The van der Waals surface area contributed by atoms with Crippen molar-refractivity contribution in [1.29, 1.82) is 0 Å². The molecule has 3 aromatic rings. The second-order valence-electron chi connectivity index (χ2n) is 7.99. The van der Waals surface area contributed by atoms with Crippen LogP contribution in [0.25, 0.3) is 0 Å². The first-order valence-electron chi connectivity index (χ1n) is 9.92. The van der Waals surface area contributed by atoms with Gasteiger partial charge < -0.3 is 10.6 Å². The van der Waals surface area contributed by atoms with Crippen LogP contribution in [0.3, 0.4) is 0 Å². The number of benzene rings is 3. The third-order valence-electron chi connectivity index (χ3n) is 6.27. The van der Waals surface area contributed by atoms with Crippen molar-refractivity contribution in [3.05, 3.63) is 96.9 Å². The molecule has 0 aliphatic carbocycles. The van der Waals surface area contributed by atoms with Crippen LogP contribution in [0.15, 0.2) is 65.1 Å². The molecule has 1 saturated heterocycles. The minimum absolute atomic E-state index is 0.123. The molecule has 0 saturated carbocycles. The molecule has 2 aliphatic heterocycles. The second kappa shape index (κ2) is 8.07. The molecule has 2 heterocycles. The van der Waals surface area contributed by atoms with Crippen molar-refractivity contribution < 1.29 is 9.59 Å². The number of hydrogen-bond donors (Lipinski definition) is 2. The summed E-state index contributed by atoms with van der Waals surface area (Å²) in [5.74, 6) is -0.867. The van der Waals surface area contributed by atoms with E-state index >= 15 is 0 Å². The van der Waals surface area contributed by atoms with Crippen LogP contribution < -0.4 is 10.6 Å². The Kier molecular flexibility index (Phi) is 5.49. The summed E-state index contributed by atoms with van der Waals surface area (Å²) in [6.45, 7) is 0. The van der Waals surface area contributed by atoms with Gasteiger partial charge in [-0.05, 0) is 59.2 Å². The second-order valence-corrected chi connectivity index (χ2v) is 10.2. The highest BCUT2D eigenvalue weighted by atomic mass is 79.9. The molecule has 2 N–H and O–H groups in total. The fourth-order valence-electron chi connectivity index (χ4n) is 5.01. The van der Waals surface area contributed by atoms with Crippen LogP contribution in [0.2, 0.25) is 15.1 Å². The summed E-state index contributed by atoms with van der Waals surface area (Å²) in [5, 5.41) is 7.50.